The van der Waals surface area contributed by atoms with Gasteiger partial charge >= 0.3 is 0 Å². The maximum Gasteiger partial charge on any atom is 0.289 e. The Morgan fingerprint density at radius 2 is 2.04 bits per heavy atom. The molecule has 8 nitrogen and oxygen atoms in total. The third-order valence-corrected chi connectivity index (χ3v) is 5.25. The summed E-state index contributed by atoms with van der Waals surface area (Å²) in [7, 11) is 1.79. The van der Waals surface area contributed by atoms with Gasteiger partial charge in [-0.05, 0) is 24.3 Å². The fraction of sp³-hybridized carbons (Fsp3) is 0.118. The number of nitrogens with zero attached hydrogens (tertiary/aromatic N) is 4. The number of amides is 1. The Hall–Kier alpha value is -2.62. The van der Waals surface area contributed by atoms with Gasteiger partial charge in [0.25, 0.3) is 5.69 Å². The first-order chi connectivity index (χ1) is 13.3. The molecular formula is C17H13Cl2N5O3S. The molecule has 1 aromatic heterocycles. The van der Waals surface area contributed by atoms with Gasteiger partial charge in [-0.3, -0.25) is 14.9 Å². The highest BCUT2D eigenvalue weighted by atomic mass is 35.5. The average Bonchev–Trinajstić information content (AvgIpc) is 3.02. The number of halogens is 2. The molecule has 1 N–H and O–H groups in total. The first-order valence-electron chi connectivity index (χ1n) is 7.87. The van der Waals surface area contributed by atoms with Crippen molar-refractivity contribution in [2.45, 2.75) is 5.16 Å². The van der Waals surface area contributed by atoms with Crippen molar-refractivity contribution < 1.29 is 9.72 Å². The zero-order valence-electron chi connectivity index (χ0n) is 14.4. The molecule has 0 fully saturated rings. The molecule has 0 atom stereocenters. The molecule has 2 aromatic carbocycles. The molecule has 0 aliphatic rings. The summed E-state index contributed by atoms with van der Waals surface area (Å²) in [6.07, 6.45) is 0. The number of nitro groups is 1. The van der Waals surface area contributed by atoms with Gasteiger partial charge in [-0.15, -0.1) is 10.2 Å². The normalized spacial score (nSPS) is 10.7. The highest BCUT2D eigenvalue weighted by Gasteiger charge is 2.16. The van der Waals surface area contributed by atoms with Crippen LogP contribution >= 0.6 is 35.0 Å². The van der Waals surface area contributed by atoms with Gasteiger partial charge in [0.2, 0.25) is 5.91 Å². The van der Waals surface area contributed by atoms with E-state index in [1.165, 1.54) is 30.0 Å². The van der Waals surface area contributed by atoms with E-state index < -0.39 is 4.92 Å². The Morgan fingerprint density at radius 3 is 2.75 bits per heavy atom. The molecule has 3 rings (SSSR count). The Labute approximate surface area is 174 Å². The summed E-state index contributed by atoms with van der Waals surface area (Å²) >= 11 is 13.0. The largest absolute Gasteiger partial charge is 0.325 e. The highest BCUT2D eigenvalue weighted by Crippen LogP contribution is 2.28. The van der Waals surface area contributed by atoms with Crippen LogP contribution in [-0.4, -0.2) is 31.3 Å². The van der Waals surface area contributed by atoms with Crippen molar-refractivity contribution in [2.24, 2.45) is 7.05 Å². The number of nitrogens with one attached hydrogen (secondary N) is 1. The van der Waals surface area contributed by atoms with Crippen LogP contribution in [0, 0.1) is 10.1 Å². The van der Waals surface area contributed by atoms with Gasteiger partial charge in [-0.1, -0.05) is 47.1 Å². The van der Waals surface area contributed by atoms with Crippen molar-refractivity contribution in [2.75, 3.05) is 11.1 Å². The average molecular weight is 438 g/mol. The van der Waals surface area contributed by atoms with E-state index in [0.717, 1.165) is 5.56 Å². The number of hydrogen-bond donors (Lipinski definition) is 1. The Morgan fingerprint density at radius 1 is 1.25 bits per heavy atom. The molecule has 0 saturated carbocycles. The van der Waals surface area contributed by atoms with Crippen LogP contribution < -0.4 is 5.32 Å². The van der Waals surface area contributed by atoms with Crippen molar-refractivity contribution in [1.82, 2.24) is 14.8 Å². The number of anilines is 1. The number of carbonyl (C=O) groups excluding carboxylic acids is 1. The summed E-state index contributed by atoms with van der Waals surface area (Å²) in [6, 6.07) is 11.3. The van der Waals surface area contributed by atoms with E-state index in [9.17, 15) is 14.9 Å². The number of hydrogen-bond acceptors (Lipinski definition) is 6. The van der Waals surface area contributed by atoms with Crippen LogP contribution in [0.2, 0.25) is 10.0 Å². The number of thioether (sulfide) groups is 1. The van der Waals surface area contributed by atoms with Gasteiger partial charge in [0.15, 0.2) is 11.0 Å². The number of carbonyl (C=O) groups is 1. The van der Waals surface area contributed by atoms with Crippen molar-refractivity contribution in [3.8, 4) is 11.4 Å². The van der Waals surface area contributed by atoms with E-state index in [1.807, 2.05) is 12.1 Å². The van der Waals surface area contributed by atoms with E-state index in [4.69, 9.17) is 23.2 Å². The fourth-order valence-corrected chi connectivity index (χ4v) is 3.46. The lowest BCUT2D eigenvalue weighted by atomic mass is 10.2. The van der Waals surface area contributed by atoms with Crippen LogP contribution in [0.4, 0.5) is 11.4 Å². The second-order valence-corrected chi connectivity index (χ2v) is 7.42. The number of rotatable bonds is 6. The number of benzene rings is 2. The van der Waals surface area contributed by atoms with Crippen molar-refractivity contribution in [3.63, 3.8) is 0 Å². The second kappa shape index (κ2) is 8.59. The SMILES string of the molecule is Cn1c(SCC(=O)Nc2ccc(Cl)c([N+](=O)[O-])c2)nnc1-c1cccc(Cl)c1. The standard InChI is InChI=1S/C17H13Cl2N5O3S/c1-23-16(10-3-2-4-11(18)7-10)21-22-17(23)28-9-15(25)20-12-5-6-13(19)14(8-12)24(26)27/h2-8H,9H2,1H3,(H,20,25). The third kappa shape index (κ3) is 4.61. The molecule has 0 aliphatic heterocycles. The minimum atomic E-state index is -0.607. The lowest BCUT2D eigenvalue weighted by molar-refractivity contribution is -0.384. The third-order valence-electron chi connectivity index (χ3n) is 3.68. The van der Waals surface area contributed by atoms with Crippen LogP contribution in [0.3, 0.4) is 0 Å². The van der Waals surface area contributed by atoms with Crippen LogP contribution in [0.25, 0.3) is 11.4 Å². The van der Waals surface area contributed by atoms with E-state index in [1.54, 1.807) is 23.7 Å². The molecule has 144 valence electrons. The molecule has 0 saturated heterocycles. The maximum atomic E-state index is 12.2. The molecular weight excluding hydrogens is 425 g/mol. The first kappa shape index (κ1) is 20.1. The summed E-state index contributed by atoms with van der Waals surface area (Å²) in [4.78, 5) is 22.5. The Balaban J connectivity index is 1.66. The van der Waals surface area contributed by atoms with Gasteiger partial charge in [-0.25, -0.2) is 0 Å². The minimum Gasteiger partial charge on any atom is -0.325 e. The monoisotopic (exact) mass is 437 g/mol. The van der Waals surface area contributed by atoms with Gasteiger partial charge in [0.1, 0.15) is 5.02 Å². The molecule has 0 aliphatic carbocycles. The Kier molecular flexibility index (Phi) is 6.18. The van der Waals surface area contributed by atoms with Crippen LogP contribution in [0.15, 0.2) is 47.6 Å². The van der Waals surface area contributed by atoms with Crippen LogP contribution in [0.1, 0.15) is 0 Å². The molecule has 0 bridgehead atoms. The molecule has 28 heavy (non-hydrogen) atoms. The molecule has 1 heterocycles. The van der Waals surface area contributed by atoms with Gasteiger partial charge in [0.05, 0.1) is 10.7 Å². The van der Waals surface area contributed by atoms with E-state index in [2.05, 4.69) is 15.5 Å². The molecule has 1 amide bonds. The summed E-state index contributed by atoms with van der Waals surface area (Å²) < 4.78 is 1.76. The zero-order chi connectivity index (χ0) is 20.3. The summed E-state index contributed by atoms with van der Waals surface area (Å²) in [6.45, 7) is 0. The zero-order valence-corrected chi connectivity index (χ0v) is 16.8. The first-order valence-corrected chi connectivity index (χ1v) is 9.61. The van der Waals surface area contributed by atoms with Crippen molar-refractivity contribution >= 4 is 52.2 Å². The quantitative estimate of drug-likeness (QED) is 0.347. The van der Waals surface area contributed by atoms with E-state index in [0.29, 0.717) is 21.7 Å². The van der Waals surface area contributed by atoms with Crippen LogP contribution in [-0.2, 0) is 11.8 Å². The predicted octanol–water partition coefficient (Wildman–Crippen LogP) is 4.43. The smallest absolute Gasteiger partial charge is 0.289 e. The molecule has 3 aromatic rings. The van der Waals surface area contributed by atoms with Gasteiger partial charge in [0, 0.05) is 29.4 Å². The van der Waals surface area contributed by atoms with Crippen molar-refractivity contribution in [1.29, 1.82) is 0 Å². The topological polar surface area (TPSA) is 103 Å². The highest BCUT2D eigenvalue weighted by molar-refractivity contribution is 7.99. The lowest BCUT2D eigenvalue weighted by Gasteiger charge is -2.06. The number of nitro benzene ring substituents is 1. The molecule has 11 heteroatoms. The van der Waals surface area contributed by atoms with Crippen LogP contribution in [0.5, 0.6) is 0 Å². The predicted molar refractivity (Wildman–Crippen MR) is 109 cm³/mol. The lowest BCUT2D eigenvalue weighted by Crippen LogP contribution is -2.14. The molecule has 0 radical (unpaired) electrons. The molecule has 0 spiro atoms. The summed E-state index contributed by atoms with van der Waals surface area (Å²) in [5, 5.41) is 22.9. The molecule has 0 unspecified atom stereocenters. The second-order valence-electron chi connectivity index (χ2n) is 5.64. The minimum absolute atomic E-state index is 0.00463. The number of aromatic nitrogens is 3. The summed E-state index contributed by atoms with van der Waals surface area (Å²) in [5.74, 6) is 0.338. The van der Waals surface area contributed by atoms with E-state index in [-0.39, 0.29) is 22.4 Å². The fourth-order valence-electron chi connectivity index (χ4n) is 2.38. The maximum absolute atomic E-state index is 12.2. The van der Waals surface area contributed by atoms with E-state index >= 15 is 0 Å². The summed E-state index contributed by atoms with van der Waals surface area (Å²) in [5.41, 5.74) is 0.832. The Bertz CT molecular complexity index is 1060. The van der Waals surface area contributed by atoms with Gasteiger partial charge < -0.3 is 9.88 Å². The van der Waals surface area contributed by atoms with Crippen molar-refractivity contribution in [3.05, 3.63) is 62.6 Å². The van der Waals surface area contributed by atoms with Gasteiger partial charge in [-0.2, -0.15) is 0 Å².